The Morgan fingerprint density at radius 1 is 0.758 bits per heavy atom. The number of benzene rings is 4. The lowest BCUT2D eigenvalue weighted by atomic mass is 9.97. The Hall–Kier alpha value is -3.17. The van der Waals surface area contributed by atoms with Gasteiger partial charge < -0.3 is 4.74 Å². The molecule has 4 rings (SSSR count). The second-order valence-electron chi connectivity index (χ2n) is 8.07. The summed E-state index contributed by atoms with van der Waals surface area (Å²) in [5.41, 5.74) is 3.50. The van der Waals surface area contributed by atoms with E-state index in [0.717, 1.165) is 22.9 Å². The number of fused-ring (bicyclic) bond motifs is 1. The summed E-state index contributed by atoms with van der Waals surface area (Å²) >= 11 is 5.93. The third-order valence-electron chi connectivity index (χ3n) is 5.77. The Morgan fingerprint density at radius 3 is 2.21 bits per heavy atom. The second kappa shape index (κ2) is 10.6. The van der Waals surface area contributed by atoms with Crippen molar-refractivity contribution in [1.82, 2.24) is 0 Å². The highest BCUT2D eigenvalue weighted by atomic mass is 35.5. The molecule has 0 fully saturated rings. The fourth-order valence-electron chi connectivity index (χ4n) is 3.92. The maximum absolute atomic E-state index is 15.1. The number of ether oxygens (including phenoxy) is 1. The first kappa shape index (κ1) is 23.0. The van der Waals surface area contributed by atoms with Gasteiger partial charge in [-0.2, -0.15) is 0 Å². The van der Waals surface area contributed by atoms with Gasteiger partial charge in [-0.15, -0.1) is 0 Å². The Balaban J connectivity index is 1.43. The van der Waals surface area contributed by atoms with Gasteiger partial charge in [-0.25, -0.2) is 8.78 Å². The molecule has 1 nitrogen and oxygen atoms in total. The van der Waals surface area contributed by atoms with E-state index in [2.05, 4.69) is 6.58 Å². The van der Waals surface area contributed by atoms with E-state index in [1.54, 1.807) is 18.2 Å². The monoisotopic (exact) mass is 462 g/mol. The van der Waals surface area contributed by atoms with Crippen molar-refractivity contribution in [2.75, 3.05) is 6.61 Å². The standard InChI is InChI=1S/C29H25ClF2O/c1-2-17-33-26-15-12-22(28(31)19-26)8-4-21-7-16-27-24(18-21)11-10-23(29(27)32)9-3-20-5-13-25(30)14-6-20/h2,5-7,10-16,18-19H,1,3-4,8-9,17H2. The summed E-state index contributed by atoms with van der Waals surface area (Å²) in [5, 5.41) is 2.17. The molecule has 4 aromatic rings. The van der Waals surface area contributed by atoms with Crippen molar-refractivity contribution in [2.24, 2.45) is 0 Å². The second-order valence-corrected chi connectivity index (χ2v) is 8.51. The topological polar surface area (TPSA) is 9.23 Å². The number of halogens is 3. The van der Waals surface area contributed by atoms with E-state index < -0.39 is 0 Å². The minimum atomic E-state index is -0.284. The zero-order valence-corrected chi connectivity index (χ0v) is 19.0. The van der Waals surface area contributed by atoms with Gasteiger partial charge in [0.2, 0.25) is 0 Å². The van der Waals surface area contributed by atoms with Crippen molar-refractivity contribution < 1.29 is 13.5 Å². The Morgan fingerprint density at radius 2 is 1.45 bits per heavy atom. The summed E-state index contributed by atoms with van der Waals surface area (Å²) in [7, 11) is 0. The van der Waals surface area contributed by atoms with Crippen LogP contribution in [0.15, 0.2) is 85.5 Å². The van der Waals surface area contributed by atoms with Gasteiger partial charge in [-0.3, -0.25) is 0 Å². The van der Waals surface area contributed by atoms with Crippen LogP contribution in [0.3, 0.4) is 0 Å². The van der Waals surface area contributed by atoms with Crippen molar-refractivity contribution in [3.8, 4) is 5.75 Å². The highest BCUT2D eigenvalue weighted by molar-refractivity contribution is 6.30. The molecular weight excluding hydrogens is 438 g/mol. The molecule has 0 heterocycles. The van der Waals surface area contributed by atoms with E-state index in [4.69, 9.17) is 16.3 Å². The first-order valence-electron chi connectivity index (χ1n) is 11.0. The molecule has 0 unspecified atom stereocenters. The molecule has 0 aliphatic rings. The van der Waals surface area contributed by atoms with Crippen molar-refractivity contribution in [3.63, 3.8) is 0 Å². The zero-order valence-electron chi connectivity index (χ0n) is 18.3. The van der Waals surface area contributed by atoms with Crippen LogP contribution >= 0.6 is 11.6 Å². The van der Waals surface area contributed by atoms with E-state index >= 15 is 4.39 Å². The molecule has 0 aromatic heterocycles. The quantitative estimate of drug-likeness (QED) is 0.230. The van der Waals surface area contributed by atoms with E-state index in [-0.39, 0.29) is 11.6 Å². The number of hydrogen-bond donors (Lipinski definition) is 0. The predicted octanol–water partition coefficient (Wildman–Crippen LogP) is 7.91. The van der Waals surface area contributed by atoms with Gasteiger partial charge in [0.1, 0.15) is 24.0 Å². The van der Waals surface area contributed by atoms with Crippen LogP contribution in [-0.4, -0.2) is 6.61 Å². The molecule has 0 N–H and O–H groups in total. The van der Waals surface area contributed by atoms with Crippen LogP contribution in [0, 0.1) is 11.6 Å². The highest BCUT2D eigenvalue weighted by Crippen LogP contribution is 2.25. The fourth-order valence-corrected chi connectivity index (χ4v) is 4.05. The van der Waals surface area contributed by atoms with Crippen LogP contribution in [0.1, 0.15) is 22.3 Å². The lowest BCUT2D eigenvalue weighted by Crippen LogP contribution is -1.99. The summed E-state index contributed by atoms with van der Waals surface area (Å²) in [6, 6.07) is 22.1. The van der Waals surface area contributed by atoms with Crippen molar-refractivity contribution in [3.05, 3.63) is 124 Å². The maximum atomic E-state index is 15.1. The van der Waals surface area contributed by atoms with Crippen molar-refractivity contribution >= 4 is 22.4 Å². The van der Waals surface area contributed by atoms with E-state index in [9.17, 15) is 4.39 Å². The van der Waals surface area contributed by atoms with Crippen LogP contribution < -0.4 is 4.74 Å². The molecule has 0 radical (unpaired) electrons. The van der Waals surface area contributed by atoms with Gasteiger partial charge in [0.05, 0.1) is 0 Å². The summed E-state index contributed by atoms with van der Waals surface area (Å²) in [4.78, 5) is 0. The average molecular weight is 463 g/mol. The summed E-state index contributed by atoms with van der Waals surface area (Å²) < 4.78 is 34.9. The van der Waals surface area contributed by atoms with E-state index in [0.29, 0.717) is 53.2 Å². The zero-order chi connectivity index (χ0) is 23.2. The first-order valence-corrected chi connectivity index (χ1v) is 11.4. The predicted molar refractivity (Wildman–Crippen MR) is 132 cm³/mol. The molecule has 0 atom stereocenters. The molecule has 4 aromatic carbocycles. The molecule has 33 heavy (non-hydrogen) atoms. The van der Waals surface area contributed by atoms with Crippen LogP contribution in [0.4, 0.5) is 8.78 Å². The minimum absolute atomic E-state index is 0.172. The number of aryl methyl sites for hydroxylation is 4. The van der Waals surface area contributed by atoms with Crippen molar-refractivity contribution in [2.45, 2.75) is 25.7 Å². The molecule has 0 bridgehead atoms. The highest BCUT2D eigenvalue weighted by Gasteiger charge is 2.10. The Kier molecular flexibility index (Phi) is 7.41. The molecule has 4 heteroatoms. The molecule has 0 aliphatic heterocycles. The molecule has 0 amide bonds. The fraction of sp³-hybridized carbons (Fsp3) is 0.172. The SMILES string of the molecule is C=CCOc1ccc(CCc2ccc3c(F)c(CCc4ccc(Cl)cc4)ccc3c2)c(F)c1. The maximum Gasteiger partial charge on any atom is 0.134 e. The van der Waals surface area contributed by atoms with Gasteiger partial charge in [0.25, 0.3) is 0 Å². The Bertz CT molecular complexity index is 1260. The molecule has 0 saturated carbocycles. The van der Waals surface area contributed by atoms with E-state index in [1.807, 2.05) is 54.6 Å². The van der Waals surface area contributed by atoms with Gasteiger partial charge >= 0.3 is 0 Å². The van der Waals surface area contributed by atoms with Gasteiger partial charge in [0.15, 0.2) is 0 Å². The molecule has 0 saturated heterocycles. The summed E-state index contributed by atoms with van der Waals surface area (Å²) in [6.07, 6.45) is 4.22. The molecule has 168 valence electrons. The third kappa shape index (κ3) is 5.80. The lowest BCUT2D eigenvalue weighted by molar-refractivity contribution is 0.360. The number of rotatable bonds is 9. The number of hydrogen-bond acceptors (Lipinski definition) is 1. The lowest BCUT2D eigenvalue weighted by Gasteiger charge is -2.10. The van der Waals surface area contributed by atoms with E-state index in [1.165, 1.54) is 6.07 Å². The largest absolute Gasteiger partial charge is 0.489 e. The van der Waals surface area contributed by atoms with Crippen molar-refractivity contribution in [1.29, 1.82) is 0 Å². The minimum Gasteiger partial charge on any atom is -0.489 e. The van der Waals surface area contributed by atoms with Crippen LogP contribution in [0.5, 0.6) is 5.75 Å². The summed E-state index contributed by atoms with van der Waals surface area (Å²) in [6.45, 7) is 3.93. The van der Waals surface area contributed by atoms with Crippen LogP contribution in [0.2, 0.25) is 5.02 Å². The molecule has 0 spiro atoms. The Labute approximate surface area is 198 Å². The summed E-state index contributed by atoms with van der Waals surface area (Å²) in [5.74, 6) is 0.0343. The average Bonchev–Trinajstić information content (AvgIpc) is 2.82. The third-order valence-corrected chi connectivity index (χ3v) is 6.02. The first-order chi connectivity index (χ1) is 16.0. The smallest absolute Gasteiger partial charge is 0.134 e. The van der Waals surface area contributed by atoms with Gasteiger partial charge in [-0.1, -0.05) is 72.8 Å². The molecular formula is C29H25ClF2O. The van der Waals surface area contributed by atoms with Crippen LogP contribution in [0.25, 0.3) is 10.8 Å². The van der Waals surface area contributed by atoms with Gasteiger partial charge in [-0.05, 0) is 71.5 Å². The normalized spacial score (nSPS) is 11.0. The molecule has 0 aliphatic carbocycles. The van der Waals surface area contributed by atoms with Gasteiger partial charge in [0, 0.05) is 16.5 Å². The van der Waals surface area contributed by atoms with Crippen LogP contribution in [-0.2, 0) is 25.7 Å².